The van der Waals surface area contributed by atoms with Crippen molar-refractivity contribution < 1.29 is 9.13 Å². The van der Waals surface area contributed by atoms with Gasteiger partial charge in [0.25, 0.3) is 0 Å². The largest absolute Gasteiger partial charge is 0.486 e. The van der Waals surface area contributed by atoms with Crippen molar-refractivity contribution in [3.05, 3.63) is 63.9 Å². The Balaban J connectivity index is 2.10. The molecule has 0 aliphatic heterocycles. The highest BCUT2D eigenvalue weighted by Crippen LogP contribution is 2.22. The lowest BCUT2D eigenvalue weighted by Gasteiger charge is -2.08. The summed E-state index contributed by atoms with van der Waals surface area (Å²) in [6, 6.07) is 11.7. The Hall–Kier alpha value is -1.88. The number of nitrogens with one attached hydrogen (secondary N) is 1. The fourth-order valence-corrected chi connectivity index (χ4v) is 1.92. The minimum absolute atomic E-state index is 0.00308. The summed E-state index contributed by atoms with van der Waals surface area (Å²) >= 11 is 3.18. The average molecular weight is 323 g/mol. The summed E-state index contributed by atoms with van der Waals surface area (Å²) < 4.78 is 19.6. The van der Waals surface area contributed by atoms with Crippen LogP contribution in [-0.4, -0.2) is 5.84 Å². The van der Waals surface area contributed by atoms with Gasteiger partial charge in [-0.2, -0.15) is 0 Å². The molecule has 5 heteroatoms. The molecule has 3 N–H and O–H groups in total. The summed E-state index contributed by atoms with van der Waals surface area (Å²) in [7, 11) is 0. The van der Waals surface area contributed by atoms with Gasteiger partial charge in [0, 0.05) is 10.0 Å². The van der Waals surface area contributed by atoms with Crippen LogP contribution in [0.5, 0.6) is 5.75 Å². The molecule has 0 spiro atoms. The van der Waals surface area contributed by atoms with Crippen LogP contribution < -0.4 is 10.5 Å². The first-order chi connectivity index (χ1) is 9.06. The molecule has 0 radical (unpaired) electrons. The van der Waals surface area contributed by atoms with Crippen LogP contribution >= 0.6 is 15.9 Å². The molecule has 0 unspecified atom stereocenters. The first-order valence-corrected chi connectivity index (χ1v) is 6.37. The molecule has 3 nitrogen and oxygen atoms in total. The molecule has 0 saturated carbocycles. The number of ether oxygens (including phenoxy) is 1. The topological polar surface area (TPSA) is 59.1 Å². The molecular formula is C14H12BrFN2O. The van der Waals surface area contributed by atoms with Crippen molar-refractivity contribution in [2.75, 3.05) is 0 Å². The van der Waals surface area contributed by atoms with Gasteiger partial charge in [-0.05, 0) is 29.8 Å². The number of nitrogen functional groups attached to an aromatic ring is 1. The summed E-state index contributed by atoms with van der Waals surface area (Å²) in [6.45, 7) is 0.222. The Morgan fingerprint density at radius 2 is 2.05 bits per heavy atom. The van der Waals surface area contributed by atoms with Crippen molar-refractivity contribution in [3.8, 4) is 5.75 Å². The maximum absolute atomic E-state index is 13.6. The minimum atomic E-state index is -0.419. The van der Waals surface area contributed by atoms with Crippen molar-refractivity contribution in [1.82, 2.24) is 0 Å². The summed E-state index contributed by atoms with van der Waals surface area (Å²) in [5, 5.41) is 7.36. The van der Waals surface area contributed by atoms with Crippen molar-refractivity contribution in [2.24, 2.45) is 5.73 Å². The molecule has 0 atom stereocenters. The molecule has 0 aliphatic carbocycles. The number of halogens is 2. The van der Waals surface area contributed by atoms with Crippen LogP contribution in [-0.2, 0) is 6.61 Å². The molecule has 0 aliphatic rings. The van der Waals surface area contributed by atoms with E-state index in [2.05, 4.69) is 15.9 Å². The van der Waals surface area contributed by atoms with Gasteiger partial charge in [-0.3, -0.25) is 5.41 Å². The number of benzene rings is 2. The summed E-state index contributed by atoms with van der Waals surface area (Å²) in [5.41, 5.74) is 6.86. The first-order valence-electron chi connectivity index (χ1n) is 5.57. The predicted molar refractivity (Wildman–Crippen MR) is 75.9 cm³/mol. The first kappa shape index (κ1) is 13.5. The monoisotopic (exact) mass is 322 g/mol. The number of amidine groups is 1. The van der Waals surface area contributed by atoms with E-state index < -0.39 is 5.82 Å². The highest BCUT2D eigenvalue weighted by molar-refractivity contribution is 9.10. The highest BCUT2D eigenvalue weighted by atomic mass is 79.9. The van der Waals surface area contributed by atoms with Gasteiger partial charge < -0.3 is 10.5 Å². The Labute approximate surface area is 118 Å². The molecule has 0 amide bonds. The summed E-state index contributed by atoms with van der Waals surface area (Å²) in [6.07, 6.45) is 0. The zero-order chi connectivity index (χ0) is 13.8. The van der Waals surface area contributed by atoms with Gasteiger partial charge in [-0.15, -0.1) is 0 Å². The van der Waals surface area contributed by atoms with Crippen LogP contribution in [0.1, 0.15) is 11.1 Å². The van der Waals surface area contributed by atoms with E-state index >= 15 is 0 Å². The number of nitrogens with two attached hydrogens (primary N) is 1. The van der Waals surface area contributed by atoms with Crippen LogP contribution in [0.25, 0.3) is 0 Å². The Morgan fingerprint density at radius 1 is 1.26 bits per heavy atom. The zero-order valence-electron chi connectivity index (χ0n) is 9.99. The molecule has 0 heterocycles. The molecule has 2 aromatic rings. The molecule has 0 saturated heterocycles. The molecule has 0 fully saturated rings. The van der Waals surface area contributed by atoms with E-state index in [1.165, 1.54) is 6.07 Å². The Kier molecular flexibility index (Phi) is 4.16. The quantitative estimate of drug-likeness (QED) is 0.669. The molecule has 98 valence electrons. The highest BCUT2D eigenvalue weighted by Gasteiger charge is 2.05. The fraction of sp³-hybridized carbons (Fsp3) is 0.0714. The van der Waals surface area contributed by atoms with Crippen molar-refractivity contribution in [3.63, 3.8) is 0 Å². The van der Waals surface area contributed by atoms with Crippen LogP contribution in [0, 0.1) is 11.2 Å². The van der Waals surface area contributed by atoms with Crippen LogP contribution in [0.15, 0.2) is 46.9 Å². The third-order valence-corrected chi connectivity index (χ3v) is 3.02. The van der Waals surface area contributed by atoms with Gasteiger partial charge in [0.2, 0.25) is 0 Å². The van der Waals surface area contributed by atoms with Gasteiger partial charge in [0.05, 0.1) is 0 Å². The number of hydrogen-bond acceptors (Lipinski definition) is 2. The second-order valence-electron chi connectivity index (χ2n) is 3.98. The van der Waals surface area contributed by atoms with E-state index in [-0.39, 0.29) is 18.2 Å². The number of hydrogen-bond donors (Lipinski definition) is 2. The van der Waals surface area contributed by atoms with Gasteiger partial charge in [0.15, 0.2) is 11.6 Å². The van der Waals surface area contributed by atoms with Gasteiger partial charge >= 0.3 is 0 Å². The second kappa shape index (κ2) is 5.84. The van der Waals surface area contributed by atoms with E-state index in [0.29, 0.717) is 10.0 Å². The summed E-state index contributed by atoms with van der Waals surface area (Å²) in [5.74, 6) is -0.231. The van der Waals surface area contributed by atoms with Gasteiger partial charge in [0.1, 0.15) is 12.4 Å². The predicted octanol–water partition coefficient (Wildman–Crippen LogP) is 3.45. The molecular weight excluding hydrogens is 311 g/mol. The standard InChI is InChI=1S/C14H12BrFN2O/c15-11-4-5-13(12(16)7-11)19-8-9-2-1-3-10(6-9)14(17)18/h1-7H,8H2,(H3,17,18). The van der Waals surface area contributed by atoms with Crippen molar-refractivity contribution in [1.29, 1.82) is 5.41 Å². The van der Waals surface area contributed by atoms with Gasteiger partial charge in [-0.25, -0.2) is 4.39 Å². The average Bonchev–Trinajstić information content (AvgIpc) is 2.38. The SMILES string of the molecule is N=C(N)c1cccc(COc2ccc(Br)cc2F)c1. The van der Waals surface area contributed by atoms with E-state index in [1.807, 2.05) is 6.07 Å². The van der Waals surface area contributed by atoms with E-state index in [1.54, 1.807) is 30.3 Å². The van der Waals surface area contributed by atoms with Crippen LogP contribution in [0.3, 0.4) is 0 Å². The molecule has 2 aromatic carbocycles. The smallest absolute Gasteiger partial charge is 0.166 e. The lowest BCUT2D eigenvalue weighted by Crippen LogP contribution is -2.11. The fourth-order valence-electron chi connectivity index (χ4n) is 1.58. The normalized spacial score (nSPS) is 10.2. The van der Waals surface area contributed by atoms with Crippen molar-refractivity contribution >= 4 is 21.8 Å². The Bertz CT molecular complexity index is 616. The molecule has 19 heavy (non-hydrogen) atoms. The third kappa shape index (κ3) is 3.54. The zero-order valence-corrected chi connectivity index (χ0v) is 11.6. The second-order valence-corrected chi connectivity index (χ2v) is 4.89. The number of rotatable bonds is 4. The Morgan fingerprint density at radius 3 is 2.74 bits per heavy atom. The van der Waals surface area contributed by atoms with Crippen LogP contribution in [0.2, 0.25) is 0 Å². The maximum atomic E-state index is 13.6. The molecule has 0 bridgehead atoms. The minimum Gasteiger partial charge on any atom is -0.486 e. The van der Waals surface area contributed by atoms with Gasteiger partial charge in [-0.1, -0.05) is 34.1 Å². The maximum Gasteiger partial charge on any atom is 0.166 e. The molecule has 2 rings (SSSR count). The van der Waals surface area contributed by atoms with Crippen LogP contribution in [0.4, 0.5) is 4.39 Å². The van der Waals surface area contributed by atoms with E-state index in [4.69, 9.17) is 15.9 Å². The summed E-state index contributed by atoms with van der Waals surface area (Å²) in [4.78, 5) is 0. The third-order valence-electron chi connectivity index (χ3n) is 2.53. The molecule has 0 aromatic heterocycles. The van der Waals surface area contributed by atoms with E-state index in [9.17, 15) is 4.39 Å². The van der Waals surface area contributed by atoms with E-state index in [0.717, 1.165) is 5.56 Å². The van der Waals surface area contributed by atoms with Crippen molar-refractivity contribution in [2.45, 2.75) is 6.61 Å². The lowest BCUT2D eigenvalue weighted by atomic mass is 10.1. The lowest BCUT2D eigenvalue weighted by molar-refractivity contribution is 0.290.